The number of allylic oxidation sites excluding steroid dienone is 1. The van der Waals surface area contributed by atoms with Gasteiger partial charge in [0, 0.05) is 29.9 Å². The SMILES string of the molecule is B[C@@]12CC[C@@](C)(C[C@@H](C(=C)c3ncc(-c4ccc(-n5ccnc5)cc4O)nn3)[C@@H]1F)[C@H](CF)C2. The number of imidazole rings is 1. The van der Waals surface area contributed by atoms with Crippen molar-refractivity contribution in [2.24, 2.45) is 17.3 Å². The molecule has 2 heterocycles. The van der Waals surface area contributed by atoms with Crippen LogP contribution in [-0.2, 0) is 0 Å². The van der Waals surface area contributed by atoms with Crippen LogP contribution in [0.4, 0.5) is 8.78 Å². The Labute approximate surface area is 198 Å². The second-order valence-corrected chi connectivity index (χ2v) is 10.4. The Morgan fingerprint density at radius 3 is 2.76 bits per heavy atom. The zero-order chi connectivity index (χ0) is 24.1. The van der Waals surface area contributed by atoms with Crippen LogP contribution in [0, 0.1) is 17.3 Å². The molecule has 0 spiro atoms. The number of aromatic nitrogens is 5. The molecule has 3 aromatic rings. The normalized spacial score (nSPS) is 30.7. The number of hydrogen-bond acceptors (Lipinski definition) is 5. The van der Waals surface area contributed by atoms with Gasteiger partial charge < -0.3 is 9.67 Å². The molecular weight excluding hydrogens is 435 g/mol. The molecule has 3 saturated carbocycles. The summed E-state index contributed by atoms with van der Waals surface area (Å²) >= 11 is 0. The standard InChI is InChI=1S/C25H28BF2N5O/c1-15(19-11-24(2)5-6-25(26,22(19)28)10-16(24)12-27)23-30-13-20(31-32-23)18-4-3-17(9-21(18)34)33-8-7-29-14-33/h3-4,7-9,13-14,16,19,22,34H,1,5-6,10-12,26H2,2H3/t16-,19-,22-,24-,25+/m0/s1. The molecule has 5 atom stereocenters. The van der Waals surface area contributed by atoms with Crippen molar-refractivity contribution in [1.29, 1.82) is 0 Å². The van der Waals surface area contributed by atoms with Gasteiger partial charge in [-0.3, -0.25) is 4.39 Å². The van der Waals surface area contributed by atoms with E-state index < -0.39 is 24.1 Å². The summed E-state index contributed by atoms with van der Waals surface area (Å²) in [6, 6.07) is 5.19. The molecule has 1 N–H and O–H groups in total. The lowest BCUT2D eigenvalue weighted by Crippen LogP contribution is -2.37. The van der Waals surface area contributed by atoms with Crippen LogP contribution in [0.5, 0.6) is 5.75 Å². The minimum absolute atomic E-state index is 0.0381. The molecule has 0 amide bonds. The number of alkyl halides is 2. The van der Waals surface area contributed by atoms with Gasteiger partial charge in [0.1, 0.15) is 25.5 Å². The summed E-state index contributed by atoms with van der Waals surface area (Å²) in [4.78, 5) is 8.43. The fraction of sp³-hybridized carbons (Fsp3) is 0.440. The maximum Gasteiger partial charge on any atom is 0.177 e. The maximum absolute atomic E-state index is 15.9. The van der Waals surface area contributed by atoms with Gasteiger partial charge in [-0.15, -0.1) is 10.2 Å². The minimum atomic E-state index is -1.14. The molecule has 176 valence electrons. The Hall–Kier alpha value is -3.10. The van der Waals surface area contributed by atoms with Gasteiger partial charge in [-0.05, 0) is 53.6 Å². The highest BCUT2D eigenvalue weighted by Crippen LogP contribution is 2.63. The number of benzene rings is 1. The van der Waals surface area contributed by atoms with Crippen molar-refractivity contribution in [3.8, 4) is 22.7 Å². The third-order valence-corrected chi connectivity index (χ3v) is 8.21. The monoisotopic (exact) mass is 463 g/mol. The number of hydrogen-bond donors (Lipinski definition) is 1. The molecule has 0 unspecified atom stereocenters. The zero-order valence-electron chi connectivity index (χ0n) is 19.5. The van der Waals surface area contributed by atoms with Crippen LogP contribution in [-0.4, -0.2) is 50.5 Å². The van der Waals surface area contributed by atoms with Crippen LogP contribution in [0.15, 0.2) is 49.7 Å². The van der Waals surface area contributed by atoms with E-state index in [4.69, 9.17) is 0 Å². The van der Waals surface area contributed by atoms with E-state index in [1.807, 2.05) is 13.9 Å². The molecule has 2 bridgehead atoms. The Kier molecular flexibility index (Phi) is 5.53. The van der Waals surface area contributed by atoms with Gasteiger partial charge in [0.15, 0.2) is 5.82 Å². The lowest BCUT2D eigenvalue weighted by atomic mass is 9.52. The summed E-state index contributed by atoms with van der Waals surface area (Å²) in [6.07, 6.45) is 8.11. The first-order valence-electron chi connectivity index (χ1n) is 11.6. The lowest BCUT2D eigenvalue weighted by Gasteiger charge is -2.45. The molecule has 3 fully saturated rings. The Morgan fingerprint density at radius 2 is 2.12 bits per heavy atom. The molecule has 0 aliphatic heterocycles. The maximum atomic E-state index is 15.9. The van der Waals surface area contributed by atoms with Crippen LogP contribution < -0.4 is 0 Å². The first-order chi connectivity index (χ1) is 16.2. The van der Waals surface area contributed by atoms with Crippen molar-refractivity contribution in [2.75, 3.05) is 6.67 Å². The Bertz CT molecular complexity index is 1200. The van der Waals surface area contributed by atoms with E-state index in [0.29, 0.717) is 29.7 Å². The average Bonchev–Trinajstić information content (AvgIpc) is 3.34. The molecule has 0 saturated heterocycles. The largest absolute Gasteiger partial charge is 0.507 e. The first kappa shape index (κ1) is 22.7. The first-order valence-corrected chi connectivity index (χ1v) is 11.6. The molecule has 6 rings (SSSR count). The highest BCUT2D eigenvalue weighted by Gasteiger charge is 2.55. The van der Waals surface area contributed by atoms with Gasteiger partial charge in [0.05, 0.1) is 24.9 Å². The molecule has 34 heavy (non-hydrogen) atoms. The van der Waals surface area contributed by atoms with Crippen molar-refractivity contribution < 1.29 is 13.9 Å². The van der Waals surface area contributed by atoms with E-state index >= 15 is 4.39 Å². The third-order valence-electron chi connectivity index (χ3n) is 8.21. The van der Waals surface area contributed by atoms with E-state index in [0.717, 1.165) is 18.5 Å². The predicted octanol–water partition coefficient (Wildman–Crippen LogP) is 4.37. The minimum Gasteiger partial charge on any atom is -0.507 e. The Morgan fingerprint density at radius 1 is 1.29 bits per heavy atom. The van der Waals surface area contributed by atoms with Crippen molar-refractivity contribution in [3.63, 3.8) is 0 Å². The van der Waals surface area contributed by atoms with E-state index in [-0.39, 0.29) is 22.9 Å². The molecule has 9 heteroatoms. The molecule has 3 aliphatic carbocycles. The van der Waals surface area contributed by atoms with E-state index in [1.54, 1.807) is 35.4 Å². The van der Waals surface area contributed by atoms with Gasteiger partial charge >= 0.3 is 0 Å². The highest BCUT2D eigenvalue weighted by molar-refractivity contribution is 6.16. The molecule has 0 radical (unpaired) electrons. The summed E-state index contributed by atoms with van der Waals surface area (Å²) in [7, 11) is 1.93. The van der Waals surface area contributed by atoms with Crippen LogP contribution in [0.2, 0.25) is 5.31 Å². The summed E-state index contributed by atoms with van der Waals surface area (Å²) in [5.74, 6) is -0.297. The van der Waals surface area contributed by atoms with E-state index in [2.05, 4.69) is 33.7 Å². The van der Waals surface area contributed by atoms with E-state index in [9.17, 15) is 9.50 Å². The number of halogens is 2. The van der Waals surface area contributed by atoms with Crippen molar-refractivity contribution in [1.82, 2.24) is 24.7 Å². The van der Waals surface area contributed by atoms with Crippen LogP contribution in [0.3, 0.4) is 0 Å². The highest BCUT2D eigenvalue weighted by atomic mass is 19.1. The van der Waals surface area contributed by atoms with Crippen molar-refractivity contribution in [2.45, 2.75) is 44.1 Å². The second kappa shape index (κ2) is 8.29. The fourth-order valence-corrected chi connectivity index (χ4v) is 5.86. The van der Waals surface area contributed by atoms with Crippen LogP contribution in [0.25, 0.3) is 22.5 Å². The fourth-order valence-electron chi connectivity index (χ4n) is 5.86. The molecular formula is C25H28BF2N5O. The number of nitrogens with zero attached hydrogens (tertiary/aromatic N) is 5. The summed E-state index contributed by atoms with van der Waals surface area (Å²) in [6.45, 7) is 5.81. The van der Waals surface area contributed by atoms with Gasteiger partial charge in [-0.2, -0.15) is 0 Å². The predicted molar refractivity (Wildman–Crippen MR) is 129 cm³/mol. The number of phenols is 1. The van der Waals surface area contributed by atoms with Crippen molar-refractivity contribution >= 4 is 13.4 Å². The smallest absolute Gasteiger partial charge is 0.177 e. The third kappa shape index (κ3) is 3.71. The molecule has 1 aromatic carbocycles. The van der Waals surface area contributed by atoms with Crippen LogP contribution >= 0.6 is 0 Å². The molecule has 6 nitrogen and oxygen atoms in total. The number of fused-ring (bicyclic) bond motifs is 4. The van der Waals surface area contributed by atoms with Gasteiger partial charge in [0.25, 0.3) is 0 Å². The quantitative estimate of drug-likeness (QED) is 0.569. The van der Waals surface area contributed by atoms with Crippen LogP contribution in [0.1, 0.15) is 38.4 Å². The summed E-state index contributed by atoms with van der Waals surface area (Å²) in [5.41, 5.74) is 1.89. The molecule has 3 aliphatic rings. The Balaban J connectivity index is 1.40. The summed E-state index contributed by atoms with van der Waals surface area (Å²) in [5, 5.41) is 18.4. The van der Waals surface area contributed by atoms with E-state index in [1.165, 1.54) is 6.20 Å². The molecule has 2 aromatic heterocycles. The topological polar surface area (TPSA) is 76.7 Å². The van der Waals surface area contributed by atoms with Gasteiger partial charge in [-0.1, -0.05) is 19.9 Å². The lowest BCUT2D eigenvalue weighted by molar-refractivity contribution is 0.0732. The number of rotatable bonds is 5. The summed E-state index contributed by atoms with van der Waals surface area (Å²) < 4.78 is 31.5. The number of aromatic hydroxyl groups is 1. The van der Waals surface area contributed by atoms with Crippen molar-refractivity contribution in [3.05, 3.63) is 55.5 Å². The second-order valence-electron chi connectivity index (χ2n) is 10.4. The van der Waals surface area contributed by atoms with Gasteiger partial charge in [-0.25, -0.2) is 14.4 Å². The average molecular weight is 463 g/mol. The number of phenolic OH excluding ortho intramolecular Hbond substituents is 1. The zero-order valence-corrected chi connectivity index (χ0v) is 19.5. The van der Waals surface area contributed by atoms with Gasteiger partial charge in [0.2, 0.25) is 0 Å².